The number of nitrogens with two attached hydrogens (primary N) is 1. The van der Waals surface area contributed by atoms with Crippen molar-refractivity contribution < 1.29 is 0 Å². The Morgan fingerprint density at radius 3 is 3.09 bits per heavy atom. The van der Waals surface area contributed by atoms with Crippen molar-refractivity contribution in [2.24, 2.45) is 10.7 Å². The Kier molecular flexibility index (Phi) is 2.06. The third-order valence-electron chi connectivity index (χ3n) is 1.32. The van der Waals surface area contributed by atoms with Crippen LogP contribution in [0.2, 0.25) is 0 Å². The van der Waals surface area contributed by atoms with Gasteiger partial charge < -0.3 is 11.1 Å². The Balaban J connectivity index is 2.73. The van der Waals surface area contributed by atoms with E-state index in [2.05, 4.69) is 16.9 Å². The molecule has 0 aliphatic carbocycles. The molecule has 0 bridgehead atoms. The molecule has 0 atom stereocenters. The summed E-state index contributed by atoms with van der Waals surface area (Å²) in [5, 5.41) is 10.00. The predicted octanol–water partition coefficient (Wildman–Crippen LogP) is 0.342. The Bertz CT molecular complexity index is 249. The van der Waals surface area contributed by atoms with Crippen molar-refractivity contribution in [2.75, 3.05) is 0 Å². The van der Waals surface area contributed by atoms with Gasteiger partial charge in [0.25, 0.3) is 0 Å². The van der Waals surface area contributed by atoms with E-state index in [4.69, 9.17) is 11.1 Å². The number of nitrogens with zero attached hydrogens (tertiary/aromatic N) is 1. The number of hydrogen-bond acceptors (Lipinski definition) is 3. The van der Waals surface area contributed by atoms with Crippen LogP contribution in [0.15, 0.2) is 29.2 Å². The Hall–Kier alpha value is -1.58. The molecule has 1 aliphatic rings. The maximum atomic E-state index is 7.38. The lowest BCUT2D eigenvalue weighted by Crippen LogP contribution is -2.18. The largest absolute Gasteiger partial charge is 0.400 e. The minimum Gasteiger partial charge on any atom is -0.400 e. The van der Waals surface area contributed by atoms with Crippen LogP contribution in [0.4, 0.5) is 0 Å². The highest BCUT2D eigenvalue weighted by Gasteiger charge is 2.10. The van der Waals surface area contributed by atoms with Crippen molar-refractivity contribution in [3.8, 4) is 0 Å². The number of allylic oxidation sites excluding steroid dienone is 1. The van der Waals surface area contributed by atoms with Gasteiger partial charge in [-0.15, -0.1) is 0 Å². The van der Waals surface area contributed by atoms with Crippen molar-refractivity contribution in [1.29, 1.82) is 5.41 Å². The molecule has 4 nitrogen and oxygen atoms in total. The van der Waals surface area contributed by atoms with Crippen molar-refractivity contribution in [2.45, 2.75) is 6.42 Å². The van der Waals surface area contributed by atoms with Gasteiger partial charge in [0, 0.05) is 18.3 Å². The smallest absolute Gasteiger partial charge is 0.150 e. The van der Waals surface area contributed by atoms with Gasteiger partial charge in [0.1, 0.15) is 11.5 Å². The molecular weight excluding hydrogens is 140 g/mol. The lowest BCUT2D eigenvalue weighted by molar-refractivity contribution is 1.16. The first-order valence-corrected chi connectivity index (χ1v) is 3.23. The SMILES string of the molecule is C=CNC(=N)C1=C(N)CC=N1. The maximum absolute atomic E-state index is 7.38. The highest BCUT2D eigenvalue weighted by atomic mass is 15.0. The highest BCUT2D eigenvalue weighted by molar-refractivity contribution is 5.99. The summed E-state index contributed by atoms with van der Waals surface area (Å²) < 4.78 is 0. The topological polar surface area (TPSA) is 74.3 Å². The first-order chi connectivity index (χ1) is 5.25. The van der Waals surface area contributed by atoms with E-state index in [1.165, 1.54) is 6.20 Å². The number of amidine groups is 1. The van der Waals surface area contributed by atoms with Gasteiger partial charge in [-0.1, -0.05) is 6.58 Å². The molecule has 0 radical (unpaired) electrons. The summed E-state index contributed by atoms with van der Waals surface area (Å²) in [6.45, 7) is 3.43. The van der Waals surface area contributed by atoms with E-state index in [1.54, 1.807) is 6.21 Å². The zero-order chi connectivity index (χ0) is 8.27. The van der Waals surface area contributed by atoms with Crippen LogP contribution < -0.4 is 11.1 Å². The van der Waals surface area contributed by atoms with Crippen LogP contribution in [0, 0.1) is 5.41 Å². The van der Waals surface area contributed by atoms with Gasteiger partial charge in [0.2, 0.25) is 0 Å². The third kappa shape index (κ3) is 1.46. The summed E-state index contributed by atoms with van der Waals surface area (Å²) in [4.78, 5) is 3.93. The summed E-state index contributed by atoms with van der Waals surface area (Å²) >= 11 is 0. The molecule has 1 aliphatic heterocycles. The fourth-order valence-electron chi connectivity index (χ4n) is 0.810. The molecule has 0 spiro atoms. The molecule has 1 heterocycles. The van der Waals surface area contributed by atoms with Gasteiger partial charge >= 0.3 is 0 Å². The molecule has 58 valence electrons. The highest BCUT2D eigenvalue weighted by Crippen LogP contribution is 2.10. The molecule has 4 N–H and O–H groups in total. The van der Waals surface area contributed by atoms with E-state index >= 15 is 0 Å². The lowest BCUT2D eigenvalue weighted by atomic mass is 10.3. The van der Waals surface area contributed by atoms with Gasteiger partial charge in [-0.3, -0.25) is 10.4 Å². The van der Waals surface area contributed by atoms with Crippen LogP contribution in [-0.4, -0.2) is 12.1 Å². The zero-order valence-corrected chi connectivity index (χ0v) is 6.09. The second kappa shape index (κ2) is 3.01. The van der Waals surface area contributed by atoms with E-state index < -0.39 is 0 Å². The first kappa shape index (κ1) is 7.53. The van der Waals surface area contributed by atoms with Gasteiger partial charge in [-0.2, -0.15) is 0 Å². The van der Waals surface area contributed by atoms with E-state index in [0.29, 0.717) is 17.8 Å². The van der Waals surface area contributed by atoms with Crippen LogP contribution in [-0.2, 0) is 0 Å². The molecule has 0 saturated carbocycles. The molecule has 0 aromatic heterocycles. The van der Waals surface area contributed by atoms with Crippen LogP contribution >= 0.6 is 0 Å². The Morgan fingerprint density at radius 2 is 2.64 bits per heavy atom. The minimum atomic E-state index is 0.200. The number of rotatable bonds is 2. The van der Waals surface area contributed by atoms with Crippen LogP contribution in [0.3, 0.4) is 0 Å². The standard InChI is InChI=1S/C7H10N4/c1-2-10-7(9)6-5(8)3-4-11-6/h2,4H,1,3,8H2,(H2,9,10). The quantitative estimate of drug-likeness (QED) is 0.392. The van der Waals surface area contributed by atoms with Crippen molar-refractivity contribution in [1.82, 2.24) is 5.32 Å². The lowest BCUT2D eigenvalue weighted by Gasteiger charge is -2.01. The predicted molar refractivity (Wildman–Crippen MR) is 45.4 cm³/mol. The molecule has 11 heavy (non-hydrogen) atoms. The summed E-state index contributed by atoms with van der Waals surface area (Å²) in [5.74, 6) is 0.200. The first-order valence-electron chi connectivity index (χ1n) is 3.23. The normalized spacial score (nSPS) is 15.3. The van der Waals surface area contributed by atoms with Crippen molar-refractivity contribution in [3.63, 3.8) is 0 Å². The zero-order valence-electron chi connectivity index (χ0n) is 6.09. The van der Waals surface area contributed by atoms with E-state index in [0.717, 1.165) is 0 Å². The van der Waals surface area contributed by atoms with Crippen molar-refractivity contribution in [3.05, 3.63) is 24.2 Å². The number of aliphatic imine (C=N–C) groups is 1. The van der Waals surface area contributed by atoms with Gasteiger partial charge in [-0.25, -0.2) is 0 Å². The van der Waals surface area contributed by atoms with E-state index in [-0.39, 0.29) is 5.84 Å². The monoisotopic (exact) mass is 150 g/mol. The molecule has 0 aromatic rings. The minimum absolute atomic E-state index is 0.200. The van der Waals surface area contributed by atoms with Crippen LogP contribution in [0.25, 0.3) is 0 Å². The fourth-order valence-corrected chi connectivity index (χ4v) is 0.810. The van der Waals surface area contributed by atoms with Gasteiger partial charge in [0.15, 0.2) is 0 Å². The Labute approximate surface area is 65.0 Å². The molecule has 4 heteroatoms. The molecule has 0 unspecified atom stereocenters. The Morgan fingerprint density at radius 1 is 1.91 bits per heavy atom. The van der Waals surface area contributed by atoms with Gasteiger partial charge in [-0.05, 0) is 6.20 Å². The van der Waals surface area contributed by atoms with Crippen LogP contribution in [0.5, 0.6) is 0 Å². The number of nitrogens with one attached hydrogen (secondary N) is 2. The molecule has 0 saturated heterocycles. The second-order valence-corrected chi connectivity index (χ2v) is 2.11. The number of hydrogen-bond donors (Lipinski definition) is 3. The summed E-state index contributed by atoms with van der Waals surface area (Å²) in [6.07, 6.45) is 3.75. The molecule has 0 aromatic carbocycles. The van der Waals surface area contributed by atoms with E-state index in [9.17, 15) is 0 Å². The fraction of sp³-hybridized carbons (Fsp3) is 0.143. The van der Waals surface area contributed by atoms with Crippen molar-refractivity contribution >= 4 is 12.1 Å². The summed E-state index contributed by atoms with van der Waals surface area (Å²) in [6, 6.07) is 0. The van der Waals surface area contributed by atoms with Gasteiger partial charge in [0.05, 0.1) is 0 Å². The third-order valence-corrected chi connectivity index (χ3v) is 1.32. The summed E-state index contributed by atoms with van der Waals surface area (Å²) in [5.41, 5.74) is 6.70. The van der Waals surface area contributed by atoms with Crippen LogP contribution in [0.1, 0.15) is 6.42 Å². The maximum Gasteiger partial charge on any atom is 0.150 e. The summed E-state index contributed by atoms with van der Waals surface area (Å²) in [7, 11) is 0. The molecule has 0 fully saturated rings. The molecule has 0 amide bonds. The van der Waals surface area contributed by atoms with E-state index in [1.807, 2.05) is 0 Å². The average molecular weight is 150 g/mol. The molecule has 1 rings (SSSR count). The second-order valence-electron chi connectivity index (χ2n) is 2.11. The average Bonchev–Trinajstić information content (AvgIpc) is 2.36. The molecular formula is C7H10N4.